The highest BCUT2D eigenvalue weighted by atomic mass is 79.9. The van der Waals surface area contributed by atoms with Crippen LogP contribution in [0.2, 0.25) is 0 Å². The van der Waals surface area contributed by atoms with E-state index in [1.165, 1.54) is 12.8 Å². The average molecular weight is 472 g/mol. The molecule has 30 heavy (non-hydrogen) atoms. The second-order valence-electron chi connectivity index (χ2n) is 8.05. The maximum atomic E-state index is 12.6. The van der Waals surface area contributed by atoms with E-state index in [4.69, 9.17) is 4.74 Å². The first kappa shape index (κ1) is 20.8. The first-order valence-corrected chi connectivity index (χ1v) is 11.3. The van der Waals surface area contributed by atoms with Crippen molar-refractivity contribution in [1.29, 1.82) is 0 Å². The van der Waals surface area contributed by atoms with Gasteiger partial charge in [-0.15, -0.1) is 0 Å². The minimum absolute atomic E-state index is 0.0245. The number of nitrogens with one attached hydrogen (secondary N) is 1. The lowest BCUT2D eigenvalue weighted by molar-refractivity contribution is -0.126. The molecule has 1 aliphatic carbocycles. The molecule has 1 N–H and O–H groups in total. The van der Waals surface area contributed by atoms with Gasteiger partial charge in [-0.3, -0.25) is 9.59 Å². The molecule has 4 rings (SSSR count). The molecule has 6 nitrogen and oxygen atoms in total. The standard InChI is InChI=1S/C23H26BrN3O3/c24-20-6-4-19(5-7-20)23(29)27-11-9-18(10-12-27)22(28)26-14-17-3-8-21(25-13-17)30-15-16-1-2-16/h3-8,13,16,18H,1-2,9-12,14-15H2,(H,26,28). The van der Waals surface area contributed by atoms with Gasteiger partial charge in [-0.2, -0.15) is 0 Å². The van der Waals surface area contributed by atoms with Gasteiger partial charge in [-0.25, -0.2) is 4.98 Å². The van der Waals surface area contributed by atoms with Crippen molar-refractivity contribution >= 4 is 27.7 Å². The SMILES string of the molecule is O=C(NCc1ccc(OCC2CC2)nc1)C1CCN(C(=O)c2ccc(Br)cc2)CC1. The highest BCUT2D eigenvalue weighted by Gasteiger charge is 2.27. The number of carbonyl (C=O) groups is 2. The Kier molecular flexibility index (Phi) is 6.67. The van der Waals surface area contributed by atoms with E-state index in [1.807, 2.05) is 41.3 Å². The largest absolute Gasteiger partial charge is 0.477 e. The molecule has 1 aliphatic heterocycles. The lowest BCUT2D eigenvalue weighted by Crippen LogP contribution is -2.42. The molecule has 2 aromatic rings. The summed E-state index contributed by atoms with van der Waals surface area (Å²) >= 11 is 3.38. The normalized spacial score (nSPS) is 16.9. The van der Waals surface area contributed by atoms with Crippen LogP contribution in [0.4, 0.5) is 0 Å². The number of hydrogen-bond donors (Lipinski definition) is 1. The smallest absolute Gasteiger partial charge is 0.253 e. The predicted molar refractivity (Wildman–Crippen MR) is 117 cm³/mol. The van der Waals surface area contributed by atoms with Crippen LogP contribution in [-0.4, -0.2) is 41.4 Å². The summed E-state index contributed by atoms with van der Waals surface area (Å²) in [7, 11) is 0. The van der Waals surface area contributed by atoms with E-state index >= 15 is 0 Å². The van der Waals surface area contributed by atoms with Gasteiger partial charge in [-0.1, -0.05) is 22.0 Å². The monoisotopic (exact) mass is 471 g/mol. The number of aromatic nitrogens is 1. The van der Waals surface area contributed by atoms with Gasteiger partial charge in [0, 0.05) is 47.9 Å². The number of likely N-dealkylation sites (tertiary alicyclic amines) is 1. The third kappa shape index (κ3) is 5.59. The van der Waals surface area contributed by atoms with E-state index in [0.717, 1.165) is 16.6 Å². The quantitative estimate of drug-likeness (QED) is 0.666. The van der Waals surface area contributed by atoms with Gasteiger partial charge in [0.15, 0.2) is 0 Å². The van der Waals surface area contributed by atoms with Crippen molar-refractivity contribution in [3.8, 4) is 5.88 Å². The van der Waals surface area contributed by atoms with Crippen LogP contribution in [0.5, 0.6) is 5.88 Å². The summed E-state index contributed by atoms with van der Waals surface area (Å²) in [6.45, 7) is 2.39. The molecule has 0 atom stereocenters. The molecule has 158 valence electrons. The van der Waals surface area contributed by atoms with Crippen molar-refractivity contribution < 1.29 is 14.3 Å². The molecule has 1 aromatic heterocycles. The molecular weight excluding hydrogens is 446 g/mol. The van der Waals surface area contributed by atoms with Crippen LogP contribution in [0.25, 0.3) is 0 Å². The number of carbonyl (C=O) groups excluding carboxylic acids is 2. The van der Waals surface area contributed by atoms with Crippen molar-refractivity contribution in [1.82, 2.24) is 15.2 Å². The zero-order chi connectivity index (χ0) is 20.9. The fraction of sp³-hybridized carbons (Fsp3) is 0.435. The van der Waals surface area contributed by atoms with Crippen LogP contribution < -0.4 is 10.1 Å². The number of halogens is 1. The molecule has 0 spiro atoms. The number of piperidine rings is 1. The third-order valence-corrected chi connectivity index (χ3v) is 6.20. The summed E-state index contributed by atoms with van der Waals surface area (Å²) in [4.78, 5) is 31.3. The average Bonchev–Trinajstić information content (AvgIpc) is 3.61. The summed E-state index contributed by atoms with van der Waals surface area (Å²) in [5, 5.41) is 3.00. The summed E-state index contributed by atoms with van der Waals surface area (Å²) in [5.41, 5.74) is 1.63. The van der Waals surface area contributed by atoms with Gasteiger partial charge in [0.2, 0.25) is 11.8 Å². The molecule has 2 fully saturated rings. The first-order valence-electron chi connectivity index (χ1n) is 10.5. The molecule has 1 aromatic carbocycles. The first-order chi connectivity index (χ1) is 14.6. The number of ether oxygens (including phenoxy) is 1. The Morgan fingerprint density at radius 2 is 1.80 bits per heavy atom. The van der Waals surface area contributed by atoms with E-state index in [2.05, 4.69) is 26.2 Å². The van der Waals surface area contributed by atoms with Crippen LogP contribution >= 0.6 is 15.9 Å². The Bertz CT molecular complexity index is 874. The van der Waals surface area contributed by atoms with Gasteiger partial charge in [-0.05, 0) is 61.4 Å². The number of hydrogen-bond acceptors (Lipinski definition) is 4. The van der Waals surface area contributed by atoms with Gasteiger partial charge in [0.05, 0.1) is 6.61 Å². The van der Waals surface area contributed by atoms with E-state index in [0.29, 0.717) is 49.8 Å². The van der Waals surface area contributed by atoms with Gasteiger partial charge in [0.1, 0.15) is 0 Å². The summed E-state index contributed by atoms with van der Waals surface area (Å²) in [6.07, 6.45) is 5.62. The second-order valence-corrected chi connectivity index (χ2v) is 8.97. The van der Waals surface area contributed by atoms with Gasteiger partial charge < -0.3 is 15.0 Å². The van der Waals surface area contributed by atoms with Crippen LogP contribution in [0, 0.1) is 11.8 Å². The van der Waals surface area contributed by atoms with E-state index < -0.39 is 0 Å². The lowest BCUT2D eigenvalue weighted by Gasteiger charge is -2.31. The molecule has 7 heteroatoms. The Hall–Kier alpha value is -2.41. The molecular formula is C23H26BrN3O3. The van der Waals surface area contributed by atoms with Crippen molar-refractivity contribution in [2.45, 2.75) is 32.2 Å². The van der Waals surface area contributed by atoms with Crippen LogP contribution in [0.3, 0.4) is 0 Å². The van der Waals surface area contributed by atoms with Crippen molar-refractivity contribution in [3.05, 3.63) is 58.2 Å². The molecule has 0 bridgehead atoms. The maximum absolute atomic E-state index is 12.6. The van der Waals surface area contributed by atoms with E-state index in [1.54, 1.807) is 6.20 Å². The number of amides is 2. The fourth-order valence-corrected chi connectivity index (χ4v) is 3.81. The number of pyridine rings is 1. The topological polar surface area (TPSA) is 71.5 Å². The molecule has 1 saturated heterocycles. The minimum atomic E-state index is -0.0620. The van der Waals surface area contributed by atoms with Crippen LogP contribution in [-0.2, 0) is 11.3 Å². The highest BCUT2D eigenvalue weighted by molar-refractivity contribution is 9.10. The number of nitrogens with zero attached hydrogens (tertiary/aromatic N) is 2. The molecule has 1 saturated carbocycles. The van der Waals surface area contributed by atoms with Crippen molar-refractivity contribution in [2.75, 3.05) is 19.7 Å². The summed E-state index contributed by atoms with van der Waals surface area (Å²) in [5.74, 6) is 1.34. The predicted octanol–water partition coefficient (Wildman–Crippen LogP) is 3.80. The Morgan fingerprint density at radius 1 is 1.07 bits per heavy atom. The maximum Gasteiger partial charge on any atom is 0.253 e. The number of rotatable bonds is 7. The third-order valence-electron chi connectivity index (χ3n) is 5.67. The molecule has 2 aliphatic rings. The van der Waals surface area contributed by atoms with Crippen molar-refractivity contribution in [3.63, 3.8) is 0 Å². The van der Waals surface area contributed by atoms with Gasteiger partial charge in [0.25, 0.3) is 5.91 Å². The Balaban J connectivity index is 1.20. The summed E-state index contributed by atoms with van der Waals surface area (Å²) < 4.78 is 6.59. The van der Waals surface area contributed by atoms with Crippen molar-refractivity contribution in [2.24, 2.45) is 11.8 Å². The van der Waals surface area contributed by atoms with E-state index in [9.17, 15) is 9.59 Å². The Morgan fingerprint density at radius 3 is 2.43 bits per heavy atom. The number of benzene rings is 1. The molecule has 2 amide bonds. The highest BCUT2D eigenvalue weighted by Crippen LogP contribution is 2.29. The Labute approximate surface area is 185 Å². The van der Waals surface area contributed by atoms with Gasteiger partial charge >= 0.3 is 0 Å². The zero-order valence-electron chi connectivity index (χ0n) is 16.9. The van der Waals surface area contributed by atoms with E-state index in [-0.39, 0.29) is 17.7 Å². The lowest BCUT2D eigenvalue weighted by atomic mass is 9.95. The zero-order valence-corrected chi connectivity index (χ0v) is 18.4. The fourth-order valence-electron chi connectivity index (χ4n) is 3.54. The summed E-state index contributed by atoms with van der Waals surface area (Å²) in [6, 6.07) is 11.2. The minimum Gasteiger partial charge on any atom is -0.477 e. The molecule has 0 radical (unpaired) electrons. The molecule has 2 heterocycles. The van der Waals surface area contributed by atoms with Crippen LogP contribution in [0.15, 0.2) is 47.1 Å². The van der Waals surface area contributed by atoms with Crippen LogP contribution in [0.1, 0.15) is 41.6 Å². The second kappa shape index (κ2) is 9.60. The molecule has 0 unspecified atom stereocenters.